The summed E-state index contributed by atoms with van der Waals surface area (Å²) in [5.41, 5.74) is 4.56. The fraction of sp³-hybridized carbons (Fsp3) is 0.500. The fourth-order valence-corrected chi connectivity index (χ4v) is 2.60. The molecule has 2 rings (SSSR count). The van der Waals surface area contributed by atoms with Crippen LogP contribution in [-0.4, -0.2) is 11.9 Å². The summed E-state index contributed by atoms with van der Waals surface area (Å²) in [6, 6.07) is 2.11. The topological polar surface area (TPSA) is 55.1 Å². The Hall–Kier alpha value is -1.65. The first kappa shape index (κ1) is 13.8. The van der Waals surface area contributed by atoms with E-state index in [9.17, 15) is 13.6 Å². The lowest BCUT2D eigenvalue weighted by atomic mass is 9.87. The van der Waals surface area contributed by atoms with Crippen LogP contribution in [0.1, 0.15) is 43.0 Å². The minimum Gasteiger partial charge on any atom is -0.396 e. The summed E-state index contributed by atoms with van der Waals surface area (Å²) in [6.45, 7) is 2.11. The van der Waals surface area contributed by atoms with Gasteiger partial charge in [-0.05, 0) is 30.9 Å². The van der Waals surface area contributed by atoms with E-state index in [4.69, 9.17) is 5.73 Å². The molecule has 3 nitrogen and oxygen atoms in total. The van der Waals surface area contributed by atoms with Crippen LogP contribution in [-0.2, 0) is 0 Å². The minimum absolute atomic E-state index is 0.0171. The molecule has 0 spiro atoms. The molecule has 0 saturated heterocycles. The number of carbonyl (C=O) groups excluding carboxylic acids is 1. The van der Waals surface area contributed by atoms with Gasteiger partial charge in [0.05, 0.1) is 5.69 Å². The smallest absolute Gasteiger partial charge is 0.257 e. The number of halogens is 2. The molecule has 0 aromatic heterocycles. The van der Waals surface area contributed by atoms with E-state index in [2.05, 4.69) is 12.2 Å². The number of hydrogen-bond acceptors (Lipinski definition) is 2. The maximum atomic E-state index is 13.7. The summed E-state index contributed by atoms with van der Waals surface area (Å²) < 4.78 is 27.3. The number of carbonyl (C=O) groups is 1. The second-order valence-electron chi connectivity index (χ2n) is 5.27. The van der Waals surface area contributed by atoms with E-state index in [1.807, 2.05) is 0 Å². The number of anilines is 1. The van der Waals surface area contributed by atoms with Crippen LogP contribution >= 0.6 is 0 Å². The maximum Gasteiger partial charge on any atom is 0.257 e. The molecule has 1 aromatic rings. The van der Waals surface area contributed by atoms with Crippen molar-refractivity contribution in [2.24, 2.45) is 5.92 Å². The van der Waals surface area contributed by atoms with E-state index in [-0.39, 0.29) is 11.7 Å². The average molecular weight is 268 g/mol. The Kier molecular flexibility index (Phi) is 4.02. The Bertz CT molecular complexity index is 491. The van der Waals surface area contributed by atoms with Crippen molar-refractivity contribution in [3.8, 4) is 0 Å². The highest BCUT2D eigenvalue weighted by atomic mass is 19.1. The monoisotopic (exact) mass is 268 g/mol. The summed E-state index contributed by atoms with van der Waals surface area (Å²) in [4.78, 5) is 12.0. The van der Waals surface area contributed by atoms with Gasteiger partial charge in [-0.3, -0.25) is 4.79 Å². The van der Waals surface area contributed by atoms with Gasteiger partial charge >= 0.3 is 0 Å². The second kappa shape index (κ2) is 5.55. The molecule has 3 N–H and O–H groups in total. The van der Waals surface area contributed by atoms with Crippen LogP contribution in [0.4, 0.5) is 14.5 Å². The van der Waals surface area contributed by atoms with Crippen molar-refractivity contribution in [1.82, 2.24) is 5.32 Å². The largest absolute Gasteiger partial charge is 0.396 e. The summed E-state index contributed by atoms with van der Waals surface area (Å²) in [5, 5.41) is 2.70. The fourth-order valence-electron chi connectivity index (χ4n) is 2.60. The van der Waals surface area contributed by atoms with Crippen LogP contribution in [0, 0.1) is 17.6 Å². The zero-order valence-electron chi connectivity index (χ0n) is 10.9. The van der Waals surface area contributed by atoms with Crippen molar-refractivity contribution in [1.29, 1.82) is 0 Å². The molecule has 5 heteroatoms. The molecule has 1 saturated carbocycles. The van der Waals surface area contributed by atoms with Gasteiger partial charge in [0.2, 0.25) is 0 Å². The lowest BCUT2D eigenvalue weighted by molar-refractivity contribution is 0.0913. The number of amides is 1. The minimum atomic E-state index is -0.985. The first-order valence-corrected chi connectivity index (χ1v) is 6.53. The normalized spacial score (nSPS) is 23.1. The number of benzene rings is 1. The molecule has 0 heterocycles. The quantitative estimate of drug-likeness (QED) is 0.810. The molecule has 2 unspecified atom stereocenters. The lowest BCUT2D eigenvalue weighted by Gasteiger charge is -2.27. The van der Waals surface area contributed by atoms with Gasteiger partial charge in [-0.1, -0.05) is 19.8 Å². The molecule has 1 aromatic carbocycles. The molecule has 104 valence electrons. The third-order valence-corrected chi connectivity index (χ3v) is 3.62. The van der Waals surface area contributed by atoms with Crippen molar-refractivity contribution in [3.05, 3.63) is 29.3 Å². The molecule has 2 atom stereocenters. The number of nitrogen functional groups attached to an aromatic ring is 1. The summed E-state index contributed by atoms with van der Waals surface area (Å²) in [6.07, 6.45) is 3.85. The first-order valence-electron chi connectivity index (χ1n) is 6.53. The summed E-state index contributed by atoms with van der Waals surface area (Å²) in [5.74, 6) is -2.06. The van der Waals surface area contributed by atoms with E-state index in [1.165, 1.54) is 0 Å². The van der Waals surface area contributed by atoms with E-state index < -0.39 is 23.1 Å². The van der Waals surface area contributed by atoms with Crippen molar-refractivity contribution < 1.29 is 13.6 Å². The molecule has 0 aliphatic heterocycles. The summed E-state index contributed by atoms with van der Waals surface area (Å²) >= 11 is 0. The van der Waals surface area contributed by atoms with E-state index >= 15 is 0 Å². The average Bonchev–Trinajstić information content (AvgIpc) is 2.34. The Morgan fingerprint density at radius 1 is 1.37 bits per heavy atom. The van der Waals surface area contributed by atoms with Gasteiger partial charge in [0.25, 0.3) is 5.91 Å². The Balaban J connectivity index is 2.14. The Morgan fingerprint density at radius 3 is 2.79 bits per heavy atom. The van der Waals surface area contributed by atoms with Crippen LogP contribution in [0.15, 0.2) is 12.1 Å². The molecule has 0 radical (unpaired) electrons. The van der Waals surface area contributed by atoms with E-state index in [0.29, 0.717) is 5.92 Å². The zero-order chi connectivity index (χ0) is 14.0. The molecule has 1 aliphatic rings. The van der Waals surface area contributed by atoms with Gasteiger partial charge < -0.3 is 11.1 Å². The van der Waals surface area contributed by atoms with Gasteiger partial charge in [-0.25, -0.2) is 8.78 Å². The Labute approximate surface area is 111 Å². The molecular formula is C14H18F2N2O. The van der Waals surface area contributed by atoms with Crippen molar-refractivity contribution >= 4 is 11.6 Å². The molecule has 1 aliphatic carbocycles. The molecule has 0 bridgehead atoms. The van der Waals surface area contributed by atoms with E-state index in [1.54, 1.807) is 0 Å². The van der Waals surface area contributed by atoms with E-state index in [0.717, 1.165) is 37.8 Å². The summed E-state index contributed by atoms with van der Waals surface area (Å²) in [7, 11) is 0. The predicted molar refractivity (Wildman–Crippen MR) is 69.7 cm³/mol. The highest BCUT2D eigenvalue weighted by Crippen LogP contribution is 2.24. The van der Waals surface area contributed by atoms with Crippen LogP contribution < -0.4 is 11.1 Å². The van der Waals surface area contributed by atoms with Crippen LogP contribution in [0.25, 0.3) is 0 Å². The maximum absolute atomic E-state index is 13.7. The van der Waals surface area contributed by atoms with Gasteiger partial charge in [0, 0.05) is 6.04 Å². The number of nitrogens with two attached hydrogens (primary N) is 1. The Morgan fingerprint density at radius 2 is 2.11 bits per heavy atom. The third-order valence-electron chi connectivity index (χ3n) is 3.62. The molecular weight excluding hydrogens is 250 g/mol. The zero-order valence-corrected chi connectivity index (χ0v) is 10.9. The SMILES string of the molecule is CC1CCCC(NC(=O)c2c(F)ccc(N)c2F)C1. The van der Waals surface area contributed by atoms with Crippen molar-refractivity contribution in [2.45, 2.75) is 38.6 Å². The number of rotatable bonds is 2. The number of hydrogen-bond donors (Lipinski definition) is 2. The van der Waals surface area contributed by atoms with Gasteiger partial charge in [-0.2, -0.15) is 0 Å². The van der Waals surface area contributed by atoms with Crippen molar-refractivity contribution in [3.63, 3.8) is 0 Å². The molecule has 1 fully saturated rings. The highest BCUT2D eigenvalue weighted by Gasteiger charge is 2.24. The molecule has 1 amide bonds. The van der Waals surface area contributed by atoms with Crippen LogP contribution in [0.3, 0.4) is 0 Å². The predicted octanol–water partition coefficient (Wildman–Crippen LogP) is 2.86. The van der Waals surface area contributed by atoms with Gasteiger partial charge in [-0.15, -0.1) is 0 Å². The van der Waals surface area contributed by atoms with Gasteiger partial charge in [0.15, 0.2) is 5.82 Å². The van der Waals surface area contributed by atoms with Crippen molar-refractivity contribution in [2.75, 3.05) is 5.73 Å². The molecule has 19 heavy (non-hydrogen) atoms. The number of nitrogens with one attached hydrogen (secondary N) is 1. The first-order chi connectivity index (χ1) is 8.99. The van der Waals surface area contributed by atoms with Gasteiger partial charge in [0.1, 0.15) is 11.4 Å². The van der Waals surface area contributed by atoms with Crippen LogP contribution in [0.5, 0.6) is 0 Å². The lowest BCUT2D eigenvalue weighted by Crippen LogP contribution is -2.38. The third kappa shape index (κ3) is 3.03. The van der Waals surface area contributed by atoms with Crippen LogP contribution in [0.2, 0.25) is 0 Å². The standard InChI is InChI=1S/C14H18F2N2O/c1-8-3-2-4-9(7-8)18-14(19)12-10(15)5-6-11(17)13(12)16/h5-6,8-9H,2-4,7,17H2,1H3,(H,18,19). The second-order valence-corrected chi connectivity index (χ2v) is 5.27. The highest BCUT2D eigenvalue weighted by molar-refractivity contribution is 5.95.